The summed E-state index contributed by atoms with van der Waals surface area (Å²) in [5, 5.41) is 8.68. The lowest BCUT2D eigenvalue weighted by molar-refractivity contribution is 0.0951. The van der Waals surface area contributed by atoms with Crippen molar-refractivity contribution in [2.45, 2.75) is 6.42 Å². The molecule has 24 heavy (non-hydrogen) atoms. The first kappa shape index (κ1) is 13.9. The van der Waals surface area contributed by atoms with E-state index in [-0.39, 0.29) is 5.91 Å². The van der Waals surface area contributed by atoms with Gasteiger partial charge in [0.1, 0.15) is 5.69 Å². The summed E-state index contributed by atoms with van der Waals surface area (Å²) in [4.78, 5) is 14.8. The number of thiophene rings is 2. The molecule has 0 radical (unpaired) electrons. The second-order valence-corrected chi connectivity index (χ2v) is 7.58. The molecule has 5 heteroatoms. The highest BCUT2D eigenvalue weighted by Gasteiger charge is 2.31. The van der Waals surface area contributed by atoms with Crippen LogP contribution in [-0.2, 0) is 6.42 Å². The van der Waals surface area contributed by atoms with Crippen molar-refractivity contribution >= 4 is 28.6 Å². The van der Waals surface area contributed by atoms with Gasteiger partial charge in [0.05, 0.1) is 15.4 Å². The van der Waals surface area contributed by atoms with Gasteiger partial charge in [-0.05, 0) is 28.5 Å². The molecule has 1 aliphatic carbocycles. The first-order chi connectivity index (χ1) is 11.8. The number of aromatic nitrogens is 2. The van der Waals surface area contributed by atoms with Crippen molar-refractivity contribution in [3.8, 4) is 21.8 Å². The van der Waals surface area contributed by atoms with Gasteiger partial charge >= 0.3 is 0 Å². The lowest BCUT2D eigenvalue weighted by atomic mass is 10.1. The Hall–Kier alpha value is -2.50. The van der Waals surface area contributed by atoms with E-state index in [2.05, 4.69) is 18.2 Å². The number of benzene rings is 1. The lowest BCUT2D eigenvalue weighted by Crippen LogP contribution is -2.13. The van der Waals surface area contributed by atoms with Gasteiger partial charge in [-0.1, -0.05) is 36.4 Å². The Bertz CT molecular complexity index is 1040. The number of hydrogen-bond donors (Lipinski definition) is 0. The second-order valence-electron chi connectivity index (χ2n) is 5.68. The largest absolute Gasteiger partial charge is 0.288 e. The van der Waals surface area contributed by atoms with E-state index < -0.39 is 0 Å². The molecule has 0 N–H and O–H groups in total. The zero-order valence-corrected chi connectivity index (χ0v) is 14.2. The minimum absolute atomic E-state index is 0.0549. The van der Waals surface area contributed by atoms with Crippen LogP contribution in [0.5, 0.6) is 0 Å². The summed E-state index contributed by atoms with van der Waals surface area (Å²) < 4.78 is 1.60. The smallest absolute Gasteiger partial charge is 0.266 e. The van der Waals surface area contributed by atoms with Crippen LogP contribution in [0.2, 0.25) is 0 Å². The van der Waals surface area contributed by atoms with Crippen molar-refractivity contribution < 1.29 is 4.79 Å². The van der Waals surface area contributed by atoms with Crippen LogP contribution in [-0.4, -0.2) is 15.7 Å². The van der Waals surface area contributed by atoms with Crippen LogP contribution < -0.4 is 0 Å². The Morgan fingerprint density at radius 1 is 1.00 bits per heavy atom. The van der Waals surface area contributed by atoms with Crippen LogP contribution in [0.4, 0.5) is 0 Å². The van der Waals surface area contributed by atoms with E-state index in [4.69, 9.17) is 5.10 Å². The van der Waals surface area contributed by atoms with Gasteiger partial charge < -0.3 is 0 Å². The molecular formula is C19H12N2OS2. The first-order valence-electron chi connectivity index (χ1n) is 7.65. The third-order valence-electron chi connectivity index (χ3n) is 4.30. The number of fused-ring (bicyclic) bond motifs is 3. The quantitative estimate of drug-likeness (QED) is 0.453. The normalized spacial score (nSPS) is 12.2. The Morgan fingerprint density at radius 3 is 2.62 bits per heavy atom. The molecule has 0 bridgehead atoms. The summed E-state index contributed by atoms with van der Waals surface area (Å²) >= 11 is 3.11. The molecule has 5 rings (SSSR count). The number of hydrogen-bond acceptors (Lipinski definition) is 4. The maximum Gasteiger partial charge on any atom is 0.288 e. The van der Waals surface area contributed by atoms with Crippen LogP contribution in [0, 0.1) is 0 Å². The zero-order chi connectivity index (χ0) is 16.1. The van der Waals surface area contributed by atoms with Crippen molar-refractivity contribution in [2.24, 2.45) is 0 Å². The summed E-state index contributed by atoms with van der Waals surface area (Å²) in [6, 6.07) is 16.1. The monoisotopic (exact) mass is 348 g/mol. The van der Waals surface area contributed by atoms with Gasteiger partial charge in [0.2, 0.25) is 0 Å². The molecule has 0 fully saturated rings. The summed E-state index contributed by atoms with van der Waals surface area (Å²) in [5.41, 5.74) is 5.42. The molecule has 0 unspecified atom stereocenters. The lowest BCUT2D eigenvalue weighted by Gasteiger charge is -2.05. The molecule has 0 spiro atoms. The van der Waals surface area contributed by atoms with Crippen molar-refractivity contribution in [1.82, 2.24) is 9.78 Å². The molecule has 0 amide bonds. The third-order valence-corrected chi connectivity index (χ3v) is 6.04. The Morgan fingerprint density at radius 2 is 1.83 bits per heavy atom. The molecular weight excluding hydrogens is 336 g/mol. The van der Waals surface area contributed by atoms with Crippen molar-refractivity contribution in [3.05, 3.63) is 75.3 Å². The van der Waals surface area contributed by atoms with Gasteiger partial charge in [-0.2, -0.15) is 9.78 Å². The molecule has 3 heterocycles. The molecule has 1 aromatic carbocycles. The Labute approximate surface area is 146 Å². The maximum atomic E-state index is 13.0. The fraction of sp³-hybridized carbons (Fsp3) is 0.0526. The van der Waals surface area contributed by atoms with E-state index in [1.54, 1.807) is 16.0 Å². The summed E-state index contributed by atoms with van der Waals surface area (Å²) in [6.07, 6.45) is 0.830. The number of carbonyl (C=O) groups is 1. The van der Waals surface area contributed by atoms with E-state index in [0.717, 1.165) is 33.8 Å². The third kappa shape index (κ3) is 1.95. The first-order valence-corrected chi connectivity index (χ1v) is 9.41. The van der Waals surface area contributed by atoms with Crippen molar-refractivity contribution in [2.75, 3.05) is 0 Å². The fourth-order valence-electron chi connectivity index (χ4n) is 3.25. The van der Waals surface area contributed by atoms with E-state index >= 15 is 0 Å². The Kier molecular flexibility index (Phi) is 3.04. The van der Waals surface area contributed by atoms with Gasteiger partial charge in [0.15, 0.2) is 0 Å². The second kappa shape index (κ2) is 5.26. The minimum Gasteiger partial charge on any atom is -0.266 e. The topological polar surface area (TPSA) is 34.9 Å². The predicted octanol–water partition coefficient (Wildman–Crippen LogP) is 4.93. The van der Waals surface area contributed by atoms with Gasteiger partial charge in [0, 0.05) is 17.5 Å². The molecule has 0 atom stereocenters. The minimum atomic E-state index is -0.0549. The molecule has 116 valence electrons. The van der Waals surface area contributed by atoms with Gasteiger partial charge in [-0.25, -0.2) is 0 Å². The SMILES string of the molecule is O=C(c1cccs1)n1nc(-c2cccs2)c2c1-c1ccccc1C2. The number of nitrogens with zero attached hydrogens (tertiary/aromatic N) is 2. The van der Waals surface area contributed by atoms with Crippen LogP contribution in [0.15, 0.2) is 59.3 Å². The van der Waals surface area contributed by atoms with Gasteiger partial charge in [-0.3, -0.25) is 4.79 Å². The van der Waals surface area contributed by atoms with Crippen LogP contribution in [0.25, 0.3) is 21.8 Å². The summed E-state index contributed by atoms with van der Waals surface area (Å²) in [7, 11) is 0. The molecule has 0 saturated carbocycles. The molecule has 1 aliphatic rings. The number of rotatable bonds is 2. The molecule has 4 aromatic rings. The van der Waals surface area contributed by atoms with E-state index in [0.29, 0.717) is 4.88 Å². The van der Waals surface area contributed by atoms with Crippen LogP contribution in [0.1, 0.15) is 20.8 Å². The average Bonchev–Trinajstić information content (AvgIpc) is 3.36. The molecule has 0 saturated heterocycles. The van der Waals surface area contributed by atoms with Crippen molar-refractivity contribution in [1.29, 1.82) is 0 Å². The van der Waals surface area contributed by atoms with Crippen LogP contribution >= 0.6 is 22.7 Å². The van der Waals surface area contributed by atoms with E-state index in [1.807, 2.05) is 41.1 Å². The number of carbonyl (C=O) groups excluding carboxylic acids is 1. The zero-order valence-electron chi connectivity index (χ0n) is 12.6. The average molecular weight is 348 g/mol. The predicted molar refractivity (Wildman–Crippen MR) is 97.8 cm³/mol. The van der Waals surface area contributed by atoms with Crippen LogP contribution in [0.3, 0.4) is 0 Å². The van der Waals surface area contributed by atoms with Gasteiger partial charge in [0.25, 0.3) is 5.91 Å². The highest BCUT2D eigenvalue weighted by Crippen LogP contribution is 2.42. The van der Waals surface area contributed by atoms with Crippen molar-refractivity contribution in [3.63, 3.8) is 0 Å². The van der Waals surface area contributed by atoms with E-state index in [9.17, 15) is 4.79 Å². The highest BCUT2D eigenvalue weighted by molar-refractivity contribution is 7.13. The fourth-order valence-corrected chi connectivity index (χ4v) is 4.64. The summed E-state index contributed by atoms with van der Waals surface area (Å²) in [6.45, 7) is 0. The highest BCUT2D eigenvalue weighted by atomic mass is 32.1. The Balaban J connectivity index is 1.77. The van der Waals surface area contributed by atoms with Gasteiger partial charge in [-0.15, -0.1) is 22.7 Å². The standard InChI is InChI=1S/C19H12N2OS2/c22-19(16-8-4-10-24-16)21-18-13-6-2-1-5-12(13)11-14(18)17(20-21)15-7-3-9-23-15/h1-10H,11H2. The maximum absolute atomic E-state index is 13.0. The molecule has 3 aromatic heterocycles. The molecule has 3 nitrogen and oxygen atoms in total. The molecule has 0 aliphatic heterocycles. The summed E-state index contributed by atoms with van der Waals surface area (Å²) in [5.74, 6) is -0.0549. The van der Waals surface area contributed by atoms with E-state index in [1.165, 1.54) is 16.9 Å².